The summed E-state index contributed by atoms with van der Waals surface area (Å²) >= 11 is 0. The summed E-state index contributed by atoms with van der Waals surface area (Å²) in [6.07, 6.45) is 0. The van der Waals surface area contributed by atoms with Gasteiger partial charge in [-0.25, -0.2) is 0 Å². The van der Waals surface area contributed by atoms with E-state index in [2.05, 4.69) is 264 Å². The SMILES string of the molecule is c1ccc(-c2cc(-c3ccccc3-n3c4ccccc4c4ccccc43)ccc2N(c2ccc(-c3c(-c4ccccc4)ccc4ccccc34)cc2)c2ccc3ccccc3c2)cc1. The third-order valence-corrected chi connectivity index (χ3v) is 12.8. The number of hydrogen-bond acceptors (Lipinski definition) is 1. The highest BCUT2D eigenvalue weighted by atomic mass is 15.1. The maximum absolute atomic E-state index is 2.43. The Morgan fingerprint density at radius 2 is 0.812 bits per heavy atom. The number of anilines is 3. The van der Waals surface area contributed by atoms with Crippen LogP contribution in [0, 0.1) is 0 Å². The Morgan fingerprint density at radius 3 is 1.53 bits per heavy atom. The molecule has 0 fully saturated rings. The molecule has 2 heteroatoms. The van der Waals surface area contributed by atoms with E-state index in [-0.39, 0.29) is 0 Å². The highest BCUT2D eigenvalue weighted by Gasteiger charge is 2.22. The van der Waals surface area contributed by atoms with E-state index in [1.807, 2.05) is 0 Å². The van der Waals surface area contributed by atoms with Crippen molar-refractivity contribution >= 4 is 60.4 Å². The Balaban J connectivity index is 1.06. The molecule has 0 N–H and O–H groups in total. The molecule has 0 saturated carbocycles. The summed E-state index contributed by atoms with van der Waals surface area (Å²) in [5.74, 6) is 0. The normalized spacial score (nSPS) is 11.4. The fourth-order valence-electron chi connectivity index (χ4n) is 9.80. The van der Waals surface area contributed by atoms with Crippen LogP contribution in [-0.4, -0.2) is 4.57 Å². The Hall–Kier alpha value is -8.46. The molecule has 12 rings (SSSR count). The second kappa shape index (κ2) is 15.8. The minimum atomic E-state index is 1.08. The van der Waals surface area contributed by atoms with Gasteiger partial charge in [-0.2, -0.15) is 0 Å². The predicted octanol–water partition coefficient (Wildman–Crippen LogP) is 17.2. The zero-order valence-electron chi connectivity index (χ0n) is 35.1. The van der Waals surface area contributed by atoms with Gasteiger partial charge in [0, 0.05) is 33.3 Å². The second-order valence-corrected chi connectivity index (χ2v) is 16.5. The first-order valence-corrected chi connectivity index (χ1v) is 22.0. The van der Waals surface area contributed by atoms with Crippen LogP contribution in [0.1, 0.15) is 0 Å². The fraction of sp³-hybridized carbons (Fsp3) is 0. The smallest absolute Gasteiger partial charge is 0.0541 e. The lowest BCUT2D eigenvalue weighted by molar-refractivity contribution is 1.18. The van der Waals surface area contributed by atoms with Crippen LogP contribution in [0.25, 0.3) is 93.5 Å². The van der Waals surface area contributed by atoms with Crippen LogP contribution < -0.4 is 4.90 Å². The van der Waals surface area contributed by atoms with Crippen molar-refractivity contribution in [2.75, 3.05) is 4.90 Å². The monoisotopic (exact) mass is 814 g/mol. The molecule has 12 aromatic rings. The average Bonchev–Trinajstić information content (AvgIpc) is 3.71. The quantitative estimate of drug-likeness (QED) is 0.148. The molecule has 0 bridgehead atoms. The van der Waals surface area contributed by atoms with Gasteiger partial charge in [-0.05, 0) is 110 Å². The number of para-hydroxylation sites is 3. The Kier molecular flexibility index (Phi) is 9.20. The van der Waals surface area contributed by atoms with Gasteiger partial charge < -0.3 is 9.47 Å². The Bertz CT molecular complexity index is 3610. The van der Waals surface area contributed by atoms with Gasteiger partial charge in [0.2, 0.25) is 0 Å². The fourth-order valence-corrected chi connectivity index (χ4v) is 9.80. The van der Waals surface area contributed by atoms with E-state index in [1.54, 1.807) is 0 Å². The standard InChI is InChI=1S/C62H42N2/c1-3-18-44(19-4-1)54-39-34-46-22-9-10-25-53(46)62(54)47-32-36-50(37-33-47)63(51-38-31-43-17-7-8-23-48(43)41-51)61-40-35-49(42-57(61)45-20-5-2-6-21-45)52-24-11-14-28-58(52)64-59-29-15-12-26-55(59)56-27-13-16-30-60(56)64/h1-42H. The van der Waals surface area contributed by atoms with E-state index in [0.717, 1.165) is 39.4 Å². The van der Waals surface area contributed by atoms with Crippen LogP contribution in [0.4, 0.5) is 17.1 Å². The molecule has 0 unspecified atom stereocenters. The van der Waals surface area contributed by atoms with E-state index in [4.69, 9.17) is 0 Å². The van der Waals surface area contributed by atoms with Gasteiger partial charge in [-0.15, -0.1) is 0 Å². The Morgan fingerprint density at radius 1 is 0.281 bits per heavy atom. The maximum Gasteiger partial charge on any atom is 0.0541 e. The minimum Gasteiger partial charge on any atom is -0.310 e. The minimum absolute atomic E-state index is 1.08. The molecular formula is C62H42N2. The molecule has 0 aliphatic carbocycles. The molecule has 0 aliphatic rings. The average molecular weight is 815 g/mol. The lowest BCUT2D eigenvalue weighted by Gasteiger charge is -2.29. The van der Waals surface area contributed by atoms with Gasteiger partial charge in [0.1, 0.15) is 0 Å². The van der Waals surface area contributed by atoms with Crippen molar-refractivity contribution in [1.82, 2.24) is 4.57 Å². The molecule has 0 atom stereocenters. The van der Waals surface area contributed by atoms with Crippen LogP contribution in [0.5, 0.6) is 0 Å². The number of aromatic nitrogens is 1. The van der Waals surface area contributed by atoms with Crippen molar-refractivity contribution in [3.05, 3.63) is 255 Å². The first-order valence-electron chi connectivity index (χ1n) is 22.0. The van der Waals surface area contributed by atoms with Crippen LogP contribution in [0.15, 0.2) is 255 Å². The number of fused-ring (bicyclic) bond motifs is 5. The van der Waals surface area contributed by atoms with Gasteiger partial charge >= 0.3 is 0 Å². The maximum atomic E-state index is 2.43. The van der Waals surface area contributed by atoms with Crippen LogP contribution in [-0.2, 0) is 0 Å². The molecule has 2 nitrogen and oxygen atoms in total. The Labute approximate surface area is 373 Å². The van der Waals surface area contributed by atoms with Gasteiger partial charge in [-0.3, -0.25) is 0 Å². The van der Waals surface area contributed by atoms with Gasteiger partial charge in [-0.1, -0.05) is 200 Å². The van der Waals surface area contributed by atoms with Crippen molar-refractivity contribution < 1.29 is 0 Å². The molecule has 64 heavy (non-hydrogen) atoms. The summed E-state index contributed by atoms with van der Waals surface area (Å²) in [7, 11) is 0. The summed E-state index contributed by atoms with van der Waals surface area (Å²) in [4.78, 5) is 2.43. The van der Waals surface area contributed by atoms with Crippen molar-refractivity contribution in [3.8, 4) is 50.2 Å². The molecule has 11 aromatic carbocycles. The van der Waals surface area contributed by atoms with E-state index < -0.39 is 0 Å². The highest BCUT2D eigenvalue weighted by Crippen LogP contribution is 2.46. The van der Waals surface area contributed by atoms with Crippen LogP contribution >= 0.6 is 0 Å². The summed E-state index contributed by atoms with van der Waals surface area (Å²) in [6.45, 7) is 0. The van der Waals surface area contributed by atoms with E-state index in [0.29, 0.717) is 0 Å². The zero-order valence-corrected chi connectivity index (χ0v) is 35.1. The van der Waals surface area contributed by atoms with Crippen LogP contribution in [0.3, 0.4) is 0 Å². The van der Waals surface area contributed by atoms with Crippen LogP contribution in [0.2, 0.25) is 0 Å². The molecule has 0 radical (unpaired) electrons. The van der Waals surface area contributed by atoms with Gasteiger partial charge in [0.25, 0.3) is 0 Å². The number of hydrogen-bond donors (Lipinski definition) is 0. The van der Waals surface area contributed by atoms with Crippen molar-refractivity contribution in [2.45, 2.75) is 0 Å². The molecule has 1 aromatic heterocycles. The lowest BCUT2D eigenvalue weighted by Crippen LogP contribution is -2.11. The molecule has 0 saturated heterocycles. The molecule has 0 aliphatic heterocycles. The van der Waals surface area contributed by atoms with E-state index in [9.17, 15) is 0 Å². The van der Waals surface area contributed by atoms with Crippen molar-refractivity contribution in [2.24, 2.45) is 0 Å². The van der Waals surface area contributed by atoms with Gasteiger partial charge in [0.15, 0.2) is 0 Å². The molecule has 0 amide bonds. The van der Waals surface area contributed by atoms with Crippen molar-refractivity contribution in [1.29, 1.82) is 0 Å². The third-order valence-electron chi connectivity index (χ3n) is 12.8. The number of nitrogens with zero attached hydrogens (tertiary/aromatic N) is 2. The second-order valence-electron chi connectivity index (χ2n) is 16.5. The predicted molar refractivity (Wildman–Crippen MR) is 272 cm³/mol. The molecule has 300 valence electrons. The summed E-state index contributed by atoms with van der Waals surface area (Å²) in [5.41, 5.74) is 16.3. The molecule has 1 heterocycles. The van der Waals surface area contributed by atoms with E-state index >= 15 is 0 Å². The van der Waals surface area contributed by atoms with Gasteiger partial charge in [0.05, 0.1) is 22.4 Å². The topological polar surface area (TPSA) is 8.17 Å². The molecular weight excluding hydrogens is 773 g/mol. The summed E-state index contributed by atoms with van der Waals surface area (Å²) < 4.78 is 2.43. The van der Waals surface area contributed by atoms with Crippen molar-refractivity contribution in [3.63, 3.8) is 0 Å². The first kappa shape index (κ1) is 37.3. The summed E-state index contributed by atoms with van der Waals surface area (Å²) in [5, 5.41) is 7.38. The largest absolute Gasteiger partial charge is 0.310 e. The lowest BCUT2D eigenvalue weighted by atomic mass is 9.89. The summed E-state index contributed by atoms with van der Waals surface area (Å²) in [6, 6.07) is 92.8. The zero-order chi connectivity index (χ0) is 42.4. The molecule has 0 spiro atoms. The van der Waals surface area contributed by atoms with E-state index in [1.165, 1.54) is 71.2 Å². The number of benzene rings is 11. The first-order chi connectivity index (χ1) is 31.8. The highest BCUT2D eigenvalue weighted by molar-refractivity contribution is 6.10. The third kappa shape index (κ3) is 6.44. The number of rotatable bonds is 8.